The molecule has 2 aromatic carbocycles. The Morgan fingerprint density at radius 1 is 1.00 bits per heavy atom. The van der Waals surface area contributed by atoms with Crippen molar-refractivity contribution in [1.29, 1.82) is 5.26 Å². The van der Waals surface area contributed by atoms with Crippen LogP contribution in [0.5, 0.6) is 0 Å². The Morgan fingerprint density at radius 3 is 1.83 bits per heavy atom. The largest absolute Gasteiger partial charge is 0.468 e. The van der Waals surface area contributed by atoms with Crippen molar-refractivity contribution < 1.29 is 9.53 Å². The summed E-state index contributed by atoms with van der Waals surface area (Å²) in [5, 5.41) is 10.2. The Kier molecular flexibility index (Phi) is 4.66. The Labute approximate surface area is 142 Å². The van der Waals surface area contributed by atoms with Crippen LogP contribution >= 0.6 is 0 Å². The van der Waals surface area contributed by atoms with Crippen molar-refractivity contribution in [2.75, 3.05) is 7.11 Å². The minimum Gasteiger partial charge on any atom is -0.468 e. The fraction of sp³-hybridized carbons (Fsp3) is 0.333. The van der Waals surface area contributed by atoms with Gasteiger partial charge in [0, 0.05) is 11.8 Å². The highest BCUT2D eigenvalue weighted by Gasteiger charge is 2.56. The molecule has 0 radical (unpaired) electrons. The predicted molar refractivity (Wildman–Crippen MR) is 92.3 cm³/mol. The van der Waals surface area contributed by atoms with Gasteiger partial charge in [-0.15, -0.1) is 0 Å². The second-order valence-electron chi connectivity index (χ2n) is 6.33. The molecule has 0 aliphatic heterocycles. The average Bonchev–Trinajstić information content (AvgIpc) is 2.67. The standard InChI is InChI=1S/C21H21NO2/c1-24-20(23)21(15-22)18(16-9-4-2-5-10-16)13-8-14-19(21)17-11-6-3-7-12-17/h2-7,9-12,18-19H,8,13-14H2,1H3/t18-,19+,21?. The summed E-state index contributed by atoms with van der Waals surface area (Å²) >= 11 is 0. The van der Waals surface area contributed by atoms with Crippen LogP contribution in [0.3, 0.4) is 0 Å². The number of rotatable bonds is 3. The molecule has 122 valence electrons. The van der Waals surface area contributed by atoms with Gasteiger partial charge in [0.2, 0.25) is 0 Å². The van der Waals surface area contributed by atoms with E-state index in [9.17, 15) is 10.1 Å². The molecule has 1 unspecified atom stereocenters. The number of methoxy groups -OCH3 is 1. The number of benzene rings is 2. The van der Waals surface area contributed by atoms with Crippen LogP contribution in [-0.2, 0) is 9.53 Å². The number of nitrogens with zero attached hydrogens (tertiary/aromatic N) is 1. The first-order valence-corrected chi connectivity index (χ1v) is 8.33. The zero-order chi connectivity index (χ0) is 17.0. The van der Waals surface area contributed by atoms with Gasteiger partial charge in [-0.05, 0) is 24.0 Å². The first-order valence-electron chi connectivity index (χ1n) is 8.33. The van der Waals surface area contributed by atoms with Crippen LogP contribution in [-0.4, -0.2) is 13.1 Å². The van der Waals surface area contributed by atoms with Crippen LogP contribution in [0.25, 0.3) is 0 Å². The smallest absolute Gasteiger partial charge is 0.327 e. The lowest BCUT2D eigenvalue weighted by molar-refractivity contribution is -0.153. The van der Waals surface area contributed by atoms with E-state index in [2.05, 4.69) is 6.07 Å². The van der Waals surface area contributed by atoms with Crippen molar-refractivity contribution in [3.8, 4) is 6.07 Å². The van der Waals surface area contributed by atoms with Crippen LogP contribution in [0, 0.1) is 16.7 Å². The normalized spacial score (nSPS) is 26.3. The van der Waals surface area contributed by atoms with Crippen LogP contribution in [0.15, 0.2) is 60.7 Å². The molecule has 24 heavy (non-hydrogen) atoms. The van der Waals surface area contributed by atoms with Crippen LogP contribution in [0.2, 0.25) is 0 Å². The summed E-state index contributed by atoms with van der Waals surface area (Å²) in [7, 11) is 1.38. The van der Waals surface area contributed by atoms with Gasteiger partial charge in [-0.2, -0.15) is 5.26 Å². The molecule has 0 heterocycles. The van der Waals surface area contributed by atoms with Gasteiger partial charge >= 0.3 is 5.97 Å². The van der Waals surface area contributed by atoms with Gasteiger partial charge in [-0.1, -0.05) is 67.1 Å². The third-order valence-corrected chi connectivity index (χ3v) is 5.20. The van der Waals surface area contributed by atoms with E-state index in [0.29, 0.717) is 0 Å². The first-order chi connectivity index (χ1) is 11.7. The summed E-state index contributed by atoms with van der Waals surface area (Å²) in [5.41, 5.74) is 0.880. The molecule has 0 N–H and O–H groups in total. The van der Waals surface area contributed by atoms with Crippen molar-refractivity contribution in [2.45, 2.75) is 31.1 Å². The maximum Gasteiger partial charge on any atom is 0.327 e. The molecule has 0 spiro atoms. The van der Waals surface area contributed by atoms with Crippen molar-refractivity contribution in [3.05, 3.63) is 71.8 Å². The first kappa shape index (κ1) is 16.3. The minimum atomic E-state index is -1.18. The van der Waals surface area contributed by atoms with Gasteiger partial charge < -0.3 is 4.74 Å². The van der Waals surface area contributed by atoms with Gasteiger partial charge in [-0.3, -0.25) is 4.79 Å². The lowest BCUT2D eigenvalue weighted by atomic mass is 9.57. The summed E-state index contributed by atoms with van der Waals surface area (Å²) in [6, 6.07) is 22.2. The number of nitriles is 1. The molecule has 0 aromatic heterocycles. The van der Waals surface area contributed by atoms with E-state index in [-0.39, 0.29) is 11.8 Å². The fourth-order valence-electron chi connectivity index (χ4n) is 4.11. The number of ether oxygens (including phenoxy) is 1. The van der Waals surface area contributed by atoms with E-state index in [1.165, 1.54) is 7.11 Å². The van der Waals surface area contributed by atoms with E-state index >= 15 is 0 Å². The van der Waals surface area contributed by atoms with Gasteiger partial charge in [0.05, 0.1) is 13.2 Å². The highest BCUT2D eigenvalue weighted by molar-refractivity contribution is 5.83. The van der Waals surface area contributed by atoms with Gasteiger partial charge in [0.1, 0.15) is 0 Å². The Balaban J connectivity index is 2.16. The second kappa shape index (κ2) is 6.88. The topological polar surface area (TPSA) is 50.1 Å². The molecule has 2 aromatic rings. The summed E-state index contributed by atoms with van der Waals surface area (Å²) in [6.07, 6.45) is 2.62. The van der Waals surface area contributed by atoms with Crippen molar-refractivity contribution >= 4 is 5.97 Å². The molecule has 1 aliphatic rings. The lowest BCUT2D eigenvalue weighted by Gasteiger charge is -2.43. The average molecular weight is 319 g/mol. The summed E-state index contributed by atoms with van der Waals surface area (Å²) in [5.74, 6) is -0.738. The van der Waals surface area contributed by atoms with Gasteiger partial charge in [-0.25, -0.2) is 0 Å². The van der Waals surface area contributed by atoms with Crippen molar-refractivity contribution in [2.24, 2.45) is 5.41 Å². The molecule has 3 atom stereocenters. The van der Waals surface area contributed by atoms with E-state index in [4.69, 9.17) is 4.74 Å². The Bertz CT molecular complexity index is 686. The number of hydrogen-bond acceptors (Lipinski definition) is 3. The lowest BCUT2D eigenvalue weighted by Crippen LogP contribution is -2.45. The molecule has 3 rings (SSSR count). The zero-order valence-electron chi connectivity index (χ0n) is 13.8. The third-order valence-electron chi connectivity index (χ3n) is 5.20. The van der Waals surface area contributed by atoms with Gasteiger partial charge in [0.25, 0.3) is 0 Å². The molecular formula is C21H21NO2. The van der Waals surface area contributed by atoms with E-state index < -0.39 is 11.4 Å². The predicted octanol–water partition coefficient (Wildman–Crippen LogP) is 4.42. The second-order valence-corrected chi connectivity index (χ2v) is 6.33. The molecule has 1 fully saturated rings. The molecule has 0 amide bonds. The maximum atomic E-state index is 12.8. The molecule has 0 saturated heterocycles. The third kappa shape index (κ3) is 2.59. The van der Waals surface area contributed by atoms with E-state index in [1.54, 1.807) is 0 Å². The summed E-state index contributed by atoms with van der Waals surface area (Å²) < 4.78 is 5.13. The number of carbonyl (C=O) groups excluding carboxylic acids is 1. The Hall–Kier alpha value is -2.60. The van der Waals surface area contributed by atoms with E-state index in [0.717, 1.165) is 30.4 Å². The van der Waals surface area contributed by atoms with E-state index in [1.807, 2.05) is 60.7 Å². The number of esters is 1. The SMILES string of the molecule is COC(=O)C1(C#N)[C@@H](c2ccccc2)CCC[C@H]1c1ccccc1. The zero-order valence-corrected chi connectivity index (χ0v) is 13.8. The molecule has 3 heteroatoms. The maximum absolute atomic E-state index is 12.8. The fourth-order valence-corrected chi connectivity index (χ4v) is 4.11. The van der Waals surface area contributed by atoms with Crippen molar-refractivity contribution in [1.82, 2.24) is 0 Å². The molecule has 1 aliphatic carbocycles. The Morgan fingerprint density at radius 2 is 1.46 bits per heavy atom. The van der Waals surface area contributed by atoms with Crippen molar-refractivity contribution in [3.63, 3.8) is 0 Å². The summed E-state index contributed by atoms with van der Waals surface area (Å²) in [6.45, 7) is 0. The highest BCUT2D eigenvalue weighted by Crippen LogP contribution is 2.55. The quantitative estimate of drug-likeness (QED) is 0.787. The minimum absolute atomic E-state index is 0.157. The number of hydrogen-bond donors (Lipinski definition) is 0. The summed E-state index contributed by atoms with van der Waals surface area (Å²) in [4.78, 5) is 12.8. The highest BCUT2D eigenvalue weighted by atomic mass is 16.5. The molecule has 0 bridgehead atoms. The molecule has 1 saturated carbocycles. The molecular weight excluding hydrogens is 298 g/mol. The number of carbonyl (C=O) groups is 1. The van der Waals surface area contributed by atoms with Crippen LogP contribution in [0.1, 0.15) is 42.2 Å². The van der Waals surface area contributed by atoms with Crippen LogP contribution in [0.4, 0.5) is 0 Å². The van der Waals surface area contributed by atoms with Gasteiger partial charge in [0.15, 0.2) is 5.41 Å². The van der Waals surface area contributed by atoms with Crippen LogP contribution < -0.4 is 0 Å². The monoisotopic (exact) mass is 319 g/mol. The molecule has 3 nitrogen and oxygen atoms in total.